The van der Waals surface area contributed by atoms with Gasteiger partial charge in [-0.05, 0) is 29.7 Å². The van der Waals surface area contributed by atoms with Crippen LogP contribution in [0, 0.1) is 17.3 Å². The van der Waals surface area contributed by atoms with Crippen molar-refractivity contribution in [3.05, 3.63) is 132 Å². The summed E-state index contributed by atoms with van der Waals surface area (Å²) in [5.74, 6) is 6.18. The molecule has 0 bridgehead atoms. The Morgan fingerprint density at radius 2 is 1.31 bits per heavy atom. The minimum absolute atomic E-state index is 0.0605. The number of ketones is 1. The average molecular weight is 465 g/mol. The molecular weight excluding hydrogens is 432 g/mol. The van der Waals surface area contributed by atoms with E-state index in [0.29, 0.717) is 44.8 Å². The Morgan fingerprint density at radius 1 is 0.800 bits per heavy atom. The topological polar surface area (TPSA) is 35.5 Å². The molecule has 3 heteroatoms. The quantitative estimate of drug-likeness (QED) is 0.121. The molecule has 178 valence electrons. The first kappa shape index (κ1) is 25.9. The van der Waals surface area contributed by atoms with Crippen LogP contribution in [0.4, 0.5) is 0 Å². The van der Waals surface area contributed by atoms with Gasteiger partial charge in [-0.15, -0.1) is 6.58 Å². The normalized spacial score (nSPS) is 11.1. The van der Waals surface area contributed by atoms with E-state index in [1.165, 1.54) is 6.08 Å². The lowest BCUT2D eigenvalue weighted by molar-refractivity contribution is -0.0293. The fraction of sp³-hybridized carbons (Fsp3) is 0.219. The second kappa shape index (κ2) is 14.5. The van der Waals surface area contributed by atoms with Crippen molar-refractivity contribution >= 4 is 5.78 Å². The first-order chi connectivity index (χ1) is 17.2. The van der Waals surface area contributed by atoms with Crippen LogP contribution in [-0.4, -0.2) is 19.0 Å². The van der Waals surface area contributed by atoms with Crippen LogP contribution in [-0.2, 0) is 22.7 Å². The van der Waals surface area contributed by atoms with E-state index in [1.54, 1.807) is 18.2 Å². The summed E-state index contributed by atoms with van der Waals surface area (Å²) in [6.07, 6.45) is 6.29. The van der Waals surface area contributed by atoms with E-state index in [2.05, 4.69) is 42.7 Å². The van der Waals surface area contributed by atoms with E-state index in [1.807, 2.05) is 60.7 Å². The molecule has 0 aliphatic rings. The maximum Gasteiger partial charge on any atom is 0.186 e. The molecule has 0 radical (unpaired) electrons. The van der Waals surface area contributed by atoms with Crippen molar-refractivity contribution in [2.24, 2.45) is 5.41 Å². The Bertz CT molecular complexity index is 1080. The van der Waals surface area contributed by atoms with Crippen molar-refractivity contribution in [2.75, 3.05) is 13.2 Å². The van der Waals surface area contributed by atoms with Crippen LogP contribution in [0.3, 0.4) is 0 Å². The molecule has 0 N–H and O–H groups in total. The van der Waals surface area contributed by atoms with Crippen LogP contribution in [0.25, 0.3) is 0 Å². The van der Waals surface area contributed by atoms with Gasteiger partial charge in [0.05, 0.1) is 26.4 Å². The van der Waals surface area contributed by atoms with Gasteiger partial charge in [-0.25, -0.2) is 0 Å². The Balaban J connectivity index is 1.65. The van der Waals surface area contributed by atoms with E-state index in [0.717, 1.165) is 11.1 Å². The number of carbonyl (C=O) groups is 1. The lowest BCUT2D eigenvalue weighted by atomic mass is 9.82. The van der Waals surface area contributed by atoms with Crippen molar-refractivity contribution in [1.82, 2.24) is 0 Å². The fourth-order valence-electron chi connectivity index (χ4n) is 3.67. The van der Waals surface area contributed by atoms with Crippen molar-refractivity contribution in [1.29, 1.82) is 0 Å². The third-order valence-corrected chi connectivity index (χ3v) is 5.56. The highest BCUT2D eigenvalue weighted by atomic mass is 16.5. The zero-order valence-electron chi connectivity index (χ0n) is 20.1. The van der Waals surface area contributed by atoms with Gasteiger partial charge >= 0.3 is 0 Å². The van der Waals surface area contributed by atoms with Gasteiger partial charge in [-0.2, -0.15) is 0 Å². The first-order valence-corrected chi connectivity index (χ1v) is 11.8. The van der Waals surface area contributed by atoms with E-state index < -0.39 is 0 Å². The molecule has 0 saturated carbocycles. The van der Waals surface area contributed by atoms with Crippen LogP contribution in [0.2, 0.25) is 0 Å². The number of rotatable bonds is 13. The van der Waals surface area contributed by atoms with Gasteiger partial charge in [0.25, 0.3) is 0 Å². The van der Waals surface area contributed by atoms with Crippen LogP contribution in [0.5, 0.6) is 0 Å². The zero-order chi connectivity index (χ0) is 24.6. The van der Waals surface area contributed by atoms with Crippen molar-refractivity contribution in [3.8, 4) is 11.8 Å². The molecule has 0 aliphatic carbocycles. The summed E-state index contributed by atoms with van der Waals surface area (Å²) < 4.78 is 12.3. The van der Waals surface area contributed by atoms with Gasteiger partial charge in [0.1, 0.15) is 0 Å². The van der Waals surface area contributed by atoms with Gasteiger partial charge in [0.15, 0.2) is 5.78 Å². The van der Waals surface area contributed by atoms with Crippen LogP contribution < -0.4 is 0 Å². The maximum atomic E-state index is 12.3. The highest BCUT2D eigenvalue weighted by Gasteiger charge is 2.29. The molecule has 3 nitrogen and oxygen atoms in total. The molecule has 0 aromatic heterocycles. The second-order valence-electron chi connectivity index (χ2n) is 8.51. The van der Waals surface area contributed by atoms with Crippen molar-refractivity contribution in [2.45, 2.75) is 26.1 Å². The SMILES string of the molecule is C=CCC(CC#C/C=C/C(=O)c1ccccc1)(COCc1ccccc1)COCc1ccccc1. The predicted molar refractivity (Wildman–Crippen MR) is 142 cm³/mol. The standard InChI is InChI=1S/C32H32O3/c1-2-22-32(26-34-24-28-15-7-3-8-16-28,27-35-25-29-17-9-4-10-18-29)23-14-6-13-21-31(33)30-19-11-5-12-20-30/h2-5,7-13,15-21H,1,22-27H2/b21-13+. The van der Waals surface area contributed by atoms with E-state index in [-0.39, 0.29) is 11.2 Å². The van der Waals surface area contributed by atoms with Crippen LogP contribution in [0.1, 0.15) is 34.3 Å². The second-order valence-corrected chi connectivity index (χ2v) is 8.51. The van der Waals surface area contributed by atoms with E-state index in [9.17, 15) is 4.79 Å². The fourth-order valence-corrected chi connectivity index (χ4v) is 3.67. The van der Waals surface area contributed by atoms with Crippen molar-refractivity contribution in [3.63, 3.8) is 0 Å². The molecule has 3 aromatic rings. The Kier molecular flexibility index (Phi) is 10.8. The number of carbonyl (C=O) groups excluding carboxylic acids is 1. The molecule has 0 spiro atoms. The minimum Gasteiger partial charge on any atom is -0.376 e. The minimum atomic E-state index is -0.338. The predicted octanol–water partition coefficient (Wildman–Crippen LogP) is 6.82. The molecule has 35 heavy (non-hydrogen) atoms. The molecule has 0 atom stereocenters. The smallest absolute Gasteiger partial charge is 0.186 e. The van der Waals surface area contributed by atoms with Crippen molar-refractivity contribution < 1.29 is 14.3 Å². The van der Waals surface area contributed by atoms with Crippen LogP contribution >= 0.6 is 0 Å². The molecule has 0 aliphatic heterocycles. The van der Waals surface area contributed by atoms with Crippen LogP contribution in [0.15, 0.2) is 116 Å². The molecule has 0 unspecified atom stereocenters. The monoisotopic (exact) mass is 464 g/mol. The lowest BCUT2D eigenvalue weighted by Gasteiger charge is -2.31. The summed E-state index contributed by atoms with van der Waals surface area (Å²) in [5.41, 5.74) is 2.56. The Labute approximate surface area is 209 Å². The molecule has 3 aromatic carbocycles. The average Bonchev–Trinajstić information content (AvgIpc) is 2.90. The zero-order valence-corrected chi connectivity index (χ0v) is 20.1. The molecule has 0 heterocycles. The first-order valence-electron chi connectivity index (χ1n) is 11.8. The third-order valence-electron chi connectivity index (χ3n) is 5.56. The van der Waals surface area contributed by atoms with E-state index >= 15 is 0 Å². The van der Waals surface area contributed by atoms with Gasteiger partial charge < -0.3 is 9.47 Å². The maximum absolute atomic E-state index is 12.3. The largest absolute Gasteiger partial charge is 0.376 e. The number of hydrogen-bond acceptors (Lipinski definition) is 3. The van der Waals surface area contributed by atoms with E-state index in [4.69, 9.17) is 9.47 Å². The number of ether oxygens (including phenoxy) is 2. The molecule has 0 saturated heterocycles. The lowest BCUT2D eigenvalue weighted by Crippen LogP contribution is -2.32. The number of allylic oxidation sites excluding steroid dienone is 3. The highest BCUT2D eigenvalue weighted by Crippen LogP contribution is 2.29. The summed E-state index contributed by atoms with van der Waals surface area (Å²) in [5, 5.41) is 0. The molecule has 0 fully saturated rings. The highest BCUT2D eigenvalue weighted by molar-refractivity contribution is 6.04. The summed E-state index contributed by atoms with van der Waals surface area (Å²) in [6, 6.07) is 29.4. The van der Waals surface area contributed by atoms with Gasteiger partial charge in [0, 0.05) is 17.4 Å². The molecular formula is C32H32O3. The summed E-state index contributed by atoms with van der Waals surface area (Å²) in [4.78, 5) is 12.3. The van der Waals surface area contributed by atoms with Gasteiger partial charge in [-0.3, -0.25) is 4.79 Å². The van der Waals surface area contributed by atoms with Gasteiger partial charge in [-0.1, -0.05) is 109 Å². The Hall–Kier alpha value is -3.71. The summed E-state index contributed by atoms with van der Waals surface area (Å²) in [7, 11) is 0. The number of benzene rings is 3. The molecule has 3 rings (SSSR count). The van der Waals surface area contributed by atoms with Gasteiger partial charge in [0.2, 0.25) is 0 Å². The molecule has 0 amide bonds. The Morgan fingerprint density at radius 3 is 1.83 bits per heavy atom. The summed E-state index contributed by atoms with van der Waals surface area (Å²) >= 11 is 0. The number of hydrogen-bond donors (Lipinski definition) is 0. The summed E-state index contributed by atoms with van der Waals surface area (Å²) in [6.45, 7) is 5.99. The third kappa shape index (κ3) is 9.22.